The third-order valence-corrected chi connectivity index (χ3v) is 4.57. The van der Waals surface area contributed by atoms with E-state index in [2.05, 4.69) is 0 Å². The van der Waals surface area contributed by atoms with Crippen molar-refractivity contribution in [1.29, 1.82) is 0 Å². The first-order valence-corrected chi connectivity index (χ1v) is 6.51. The highest BCUT2D eigenvalue weighted by Crippen LogP contribution is 2.29. The van der Waals surface area contributed by atoms with Gasteiger partial charge in [-0.2, -0.15) is 0 Å². The van der Waals surface area contributed by atoms with Gasteiger partial charge in [-0.25, -0.2) is 13.1 Å². The Hall–Kier alpha value is -2.01. The van der Waals surface area contributed by atoms with Gasteiger partial charge in [0.15, 0.2) is 11.4 Å². The van der Waals surface area contributed by atoms with Gasteiger partial charge in [-0.1, -0.05) is 0 Å². The first-order chi connectivity index (χ1) is 8.09. The van der Waals surface area contributed by atoms with Crippen LogP contribution in [-0.2, 0) is 9.84 Å². The molecule has 6 rings (SSSR count). The second-order valence-electron chi connectivity index (χ2n) is 3.80. The molecule has 0 saturated carbocycles. The van der Waals surface area contributed by atoms with E-state index in [9.17, 15) is 13.9 Å². The Labute approximate surface area is 98.6 Å². The molecule has 0 radical (unpaired) electrons. The molecule has 0 unspecified atom stereocenters. The normalized spacial score (nSPS) is 16.1. The van der Waals surface area contributed by atoms with Crippen molar-refractivity contribution >= 4 is 21.2 Å². The zero-order valence-electron chi connectivity index (χ0n) is 8.74. The molecule has 2 aromatic carbocycles. The minimum absolute atomic E-state index is 0.226. The van der Waals surface area contributed by atoms with Crippen LogP contribution < -0.4 is 4.70 Å². The lowest BCUT2D eigenvalue weighted by molar-refractivity contribution is 0.596. The molecule has 84 valence electrons. The SMILES string of the molecule is [N-]=[N+]1c2ccc(cc2)S(=O)(=O)c2ccc1cc2. The van der Waals surface area contributed by atoms with Crippen LogP contribution in [0.25, 0.3) is 5.53 Å². The van der Waals surface area contributed by atoms with Crippen molar-refractivity contribution < 1.29 is 8.42 Å². The fourth-order valence-electron chi connectivity index (χ4n) is 1.82. The number of sulfone groups is 1. The first-order valence-electron chi connectivity index (χ1n) is 5.03. The summed E-state index contributed by atoms with van der Waals surface area (Å²) in [5, 5.41) is 0. The Balaban J connectivity index is 2.44. The van der Waals surface area contributed by atoms with Crippen LogP contribution in [0.15, 0.2) is 58.3 Å². The maximum absolute atomic E-state index is 12.2. The fourth-order valence-corrected chi connectivity index (χ4v) is 3.08. The van der Waals surface area contributed by atoms with Crippen LogP contribution in [0.5, 0.6) is 0 Å². The van der Waals surface area contributed by atoms with Crippen molar-refractivity contribution in [2.75, 3.05) is 0 Å². The average molecular weight is 244 g/mol. The Bertz CT molecular complexity index is 646. The summed E-state index contributed by atoms with van der Waals surface area (Å²) in [6.07, 6.45) is 0. The highest BCUT2D eigenvalue weighted by Gasteiger charge is 2.21. The molecule has 0 fully saturated rings. The molecule has 2 aromatic rings. The predicted octanol–water partition coefficient (Wildman–Crippen LogP) is 2.69. The van der Waals surface area contributed by atoms with Gasteiger partial charge < -0.3 is 5.53 Å². The third-order valence-electron chi connectivity index (χ3n) is 2.78. The van der Waals surface area contributed by atoms with E-state index >= 15 is 0 Å². The van der Waals surface area contributed by atoms with Gasteiger partial charge in [0.25, 0.3) is 0 Å². The van der Waals surface area contributed by atoms with E-state index in [1.54, 1.807) is 24.3 Å². The molecule has 0 aromatic heterocycles. The van der Waals surface area contributed by atoms with E-state index in [1.165, 1.54) is 24.3 Å². The molecular formula is C12H8N2O2S. The van der Waals surface area contributed by atoms with Crippen LogP contribution in [0.2, 0.25) is 0 Å². The molecule has 5 heteroatoms. The number of hydrogen-bond donors (Lipinski definition) is 0. The van der Waals surface area contributed by atoms with E-state index in [1.807, 2.05) is 0 Å². The van der Waals surface area contributed by atoms with Gasteiger partial charge in [-0.05, 0) is 24.3 Å². The van der Waals surface area contributed by atoms with Crippen LogP contribution in [-0.4, -0.2) is 8.42 Å². The van der Waals surface area contributed by atoms with E-state index in [0.29, 0.717) is 11.4 Å². The maximum atomic E-state index is 12.2. The number of nitrogens with zero attached hydrogens (tertiary/aromatic N) is 2. The number of benzene rings is 2. The molecule has 4 bridgehead atoms. The number of rotatable bonds is 0. The molecule has 17 heavy (non-hydrogen) atoms. The van der Waals surface area contributed by atoms with Crippen molar-refractivity contribution in [2.45, 2.75) is 9.79 Å². The lowest BCUT2D eigenvalue weighted by Gasteiger charge is -2.11. The quantitative estimate of drug-likeness (QED) is 0.571. The van der Waals surface area contributed by atoms with Crippen LogP contribution in [0.1, 0.15) is 0 Å². The Morgan fingerprint density at radius 2 is 1.12 bits per heavy atom. The van der Waals surface area contributed by atoms with Crippen molar-refractivity contribution in [3.8, 4) is 0 Å². The molecule has 4 nitrogen and oxygen atoms in total. The van der Waals surface area contributed by atoms with Crippen LogP contribution in [0, 0.1) is 0 Å². The van der Waals surface area contributed by atoms with Crippen molar-refractivity contribution in [3.05, 3.63) is 54.1 Å². The standard InChI is InChI=1S/C12H8N2O2S/c13-14-9-1-5-11(6-2-9)17(15,16)12-7-3-10(14)4-8-12/h1-8H. The van der Waals surface area contributed by atoms with Gasteiger partial charge >= 0.3 is 0 Å². The number of hydrogen-bond acceptors (Lipinski definition) is 2. The lowest BCUT2D eigenvalue weighted by Crippen LogP contribution is -2.05. The summed E-state index contributed by atoms with van der Waals surface area (Å²) in [5.74, 6) is 0. The summed E-state index contributed by atoms with van der Waals surface area (Å²) < 4.78 is 25.4. The molecule has 0 atom stereocenters. The molecule has 0 spiro atoms. The smallest absolute Gasteiger partial charge is 0.206 e. The Morgan fingerprint density at radius 3 is 1.47 bits per heavy atom. The van der Waals surface area contributed by atoms with E-state index < -0.39 is 9.84 Å². The Morgan fingerprint density at radius 1 is 0.765 bits per heavy atom. The monoisotopic (exact) mass is 244 g/mol. The second kappa shape index (κ2) is 3.24. The average Bonchev–Trinajstić information content (AvgIpc) is 2.37. The van der Waals surface area contributed by atoms with Gasteiger partial charge in [-0.15, -0.1) is 0 Å². The predicted molar refractivity (Wildman–Crippen MR) is 63.1 cm³/mol. The van der Waals surface area contributed by atoms with E-state index in [-0.39, 0.29) is 9.79 Å². The summed E-state index contributed by atoms with van der Waals surface area (Å²) in [5.41, 5.74) is 11.0. The molecule has 0 N–H and O–H groups in total. The Kier molecular flexibility index (Phi) is 1.94. The van der Waals surface area contributed by atoms with Gasteiger partial charge in [0.1, 0.15) is 0 Å². The van der Waals surface area contributed by atoms with Crippen LogP contribution in [0.3, 0.4) is 0 Å². The molecule has 4 aliphatic rings. The van der Waals surface area contributed by atoms with E-state index in [4.69, 9.17) is 0 Å². The molecule has 0 aliphatic carbocycles. The summed E-state index contributed by atoms with van der Waals surface area (Å²) in [7, 11) is -3.45. The molecule has 4 heterocycles. The minimum atomic E-state index is -3.45. The summed E-state index contributed by atoms with van der Waals surface area (Å²) in [6.45, 7) is 0. The van der Waals surface area contributed by atoms with Gasteiger partial charge in [-0.3, -0.25) is 0 Å². The topological polar surface area (TPSA) is 59.5 Å². The largest absolute Gasteiger partial charge is 0.493 e. The lowest BCUT2D eigenvalue weighted by atomic mass is 10.2. The zero-order valence-corrected chi connectivity index (χ0v) is 9.55. The molecule has 0 amide bonds. The van der Waals surface area contributed by atoms with Gasteiger partial charge in [0, 0.05) is 24.3 Å². The highest BCUT2D eigenvalue weighted by molar-refractivity contribution is 7.91. The van der Waals surface area contributed by atoms with Crippen molar-refractivity contribution in [3.63, 3.8) is 0 Å². The zero-order chi connectivity index (χ0) is 12.0. The van der Waals surface area contributed by atoms with Gasteiger partial charge in [0.05, 0.1) is 9.79 Å². The van der Waals surface area contributed by atoms with Gasteiger partial charge in [0.2, 0.25) is 9.84 Å². The van der Waals surface area contributed by atoms with E-state index in [0.717, 1.165) is 4.70 Å². The second-order valence-corrected chi connectivity index (χ2v) is 5.75. The van der Waals surface area contributed by atoms with Crippen LogP contribution >= 0.6 is 0 Å². The fraction of sp³-hybridized carbons (Fsp3) is 0. The van der Waals surface area contributed by atoms with Crippen molar-refractivity contribution in [1.82, 2.24) is 4.70 Å². The summed E-state index contributed by atoms with van der Waals surface area (Å²) >= 11 is 0. The molecule has 4 aliphatic heterocycles. The first kappa shape index (κ1) is 10.2. The van der Waals surface area contributed by atoms with Crippen LogP contribution in [0.4, 0.5) is 11.4 Å². The summed E-state index contributed by atoms with van der Waals surface area (Å²) in [4.78, 5) is 0.452. The highest BCUT2D eigenvalue weighted by atomic mass is 32.2. The van der Waals surface area contributed by atoms with Crippen molar-refractivity contribution in [2.24, 2.45) is 0 Å². The summed E-state index contributed by atoms with van der Waals surface area (Å²) in [6, 6.07) is 12.2. The molecular weight excluding hydrogens is 236 g/mol. The molecule has 0 saturated heterocycles. The third kappa shape index (κ3) is 1.39. The maximum Gasteiger partial charge on any atom is 0.206 e. The minimum Gasteiger partial charge on any atom is -0.493 e.